The van der Waals surface area contributed by atoms with Crippen LogP contribution in [-0.2, 0) is 14.8 Å². The summed E-state index contributed by atoms with van der Waals surface area (Å²) in [6.07, 6.45) is 2.65. The molecule has 0 saturated carbocycles. The van der Waals surface area contributed by atoms with E-state index in [0.29, 0.717) is 12.3 Å². The maximum atomic E-state index is 11.6. The number of amides is 1. The molecule has 6 nitrogen and oxygen atoms in total. The molecule has 0 aromatic rings. The summed E-state index contributed by atoms with van der Waals surface area (Å²) in [6, 6.07) is 0. The van der Waals surface area contributed by atoms with Gasteiger partial charge in [-0.1, -0.05) is 0 Å². The van der Waals surface area contributed by atoms with Crippen molar-refractivity contribution in [1.82, 2.24) is 14.9 Å². The highest BCUT2D eigenvalue weighted by molar-refractivity contribution is 7.89. The van der Waals surface area contributed by atoms with Crippen LogP contribution in [0.3, 0.4) is 0 Å². The average molecular weight is 277 g/mol. The number of nitrogens with zero attached hydrogens (tertiary/aromatic N) is 1. The van der Waals surface area contributed by atoms with Gasteiger partial charge in [0.25, 0.3) is 0 Å². The van der Waals surface area contributed by atoms with Crippen LogP contribution in [0.4, 0.5) is 0 Å². The van der Waals surface area contributed by atoms with Crippen LogP contribution in [-0.4, -0.2) is 58.1 Å². The van der Waals surface area contributed by atoms with Gasteiger partial charge in [-0.3, -0.25) is 4.79 Å². The molecule has 1 amide bonds. The van der Waals surface area contributed by atoms with Crippen LogP contribution in [0.25, 0.3) is 0 Å². The number of hydrogen-bond acceptors (Lipinski definition) is 4. The van der Waals surface area contributed by atoms with Gasteiger partial charge in [-0.2, -0.15) is 0 Å². The smallest absolute Gasteiger partial charge is 0.220 e. The van der Waals surface area contributed by atoms with E-state index in [4.69, 9.17) is 0 Å². The van der Waals surface area contributed by atoms with Gasteiger partial charge in [-0.05, 0) is 31.8 Å². The molecule has 0 aromatic heterocycles. The van der Waals surface area contributed by atoms with Crippen LogP contribution in [0.2, 0.25) is 0 Å². The molecule has 0 aromatic carbocycles. The summed E-state index contributed by atoms with van der Waals surface area (Å²) < 4.78 is 24.1. The number of piperidine rings is 1. The minimum absolute atomic E-state index is 0.0470. The summed E-state index contributed by atoms with van der Waals surface area (Å²) in [5, 5.41) is 5.92. The number of carbonyl (C=O) groups excluding carboxylic acids is 1. The average Bonchev–Trinajstić information content (AvgIpc) is 2.29. The second-order valence-corrected chi connectivity index (χ2v) is 7.17. The van der Waals surface area contributed by atoms with Gasteiger partial charge in [-0.25, -0.2) is 12.7 Å². The molecular formula is C11H23N3O3S. The van der Waals surface area contributed by atoms with Gasteiger partial charge >= 0.3 is 0 Å². The van der Waals surface area contributed by atoms with Crippen LogP contribution in [0.15, 0.2) is 0 Å². The van der Waals surface area contributed by atoms with E-state index in [2.05, 4.69) is 10.6 Å². The summed E-state index contributed by atoms with van der Waals surface area (Å²) in [4.78, 5) is 11.6. The Labute approximate surface area is 109 Å². The molecule has 0 spiro atoms. The normalized spacial score (nSPS) is 20.9. The zero-order chi connectivity index (χ0) is 13.6. The zero-order valence-electron chi connectivity index (χ0n) is 11.1. The molecule has 0 aliphatic carbocycles. The largest absolute Gasteiger partial charge is 0.355 e. The SMILES string of the molecule is CN(C)S(=O)(=O)CCNC(=O)CC1CCCNC1. The molecule has 106 valence electrons. The van der Waals surface area contributed by atoms with Crippen molar-refractivity contribution in [3.05, 3.63) is 0 Å². The third kappa shape index (κ3) is 5.32. The molecule has 2 N–H and O–H groups in total. The van der Waals surface area contributed by atoms with Crippen molar-refractivity contribution in [2.24, 2.45) is 5.92 Å². The minimum Gasteiger partial charge on any atom is -0.355 e. The van der Waals surface area contributed by atoms with Crippen molar-refractivity contribution >= 4 is 15.9 Å². The maximum absolute atomic E-state index is 11.6. The van der Waals surface area contributed by atoms with Gasteiger partial charge in [0.2, 0.25) is 15.9 Å². The highest BCUT2D eigenvalue weighted by atomic mass is 32.2. The van der Waals surface area contributed by atoms with Crippen LogP contribution in [0.5, 0.6) is 0 Å². The fourth-order valence-electron chi connectivity index (χ4n) is 1.93. The Kier molecular flexibility index (Phi) is 6.04. The van der Waals surface area contributed by atoms with Gasteiger partial charge in [-0.15, -0.1) is 0 Å². The van der Waals surface area contributed by atoms with Gasteiger partial charge in [0.05, 0.1) is 5.75 Å². The fourth-order valence-corrected chi connectivity index (χ4v) is 2.66. The molecule has 0 radical (unpaired) electrons. The molecule has 1 unspecified atom stereocenters. The molecule has 1 fully saturated rings. The first-order valence-corrected chi connectivity index (χ1v) is 7.90. The van der Waals surface area contributed by atoms with Crippen LogP contribution in [0, 0.1) is 5.92 Å². The minimum atomic E-state index is -3.22. The molecule has 1 rings (SSSR count). The highest BCUT2D eigenvalue weighted by Crippen LogP contribution is 2.13. The van der Waals surface area contributed by atoms with Crippen molar-refractivity contribution in [3.63, 3.8) is 0 Å². The van der Waals surface area contributed by atoms with E-state index < -0.39 is 10.0 Å². The lowest BCUT2D eigenvalue weighted by Crippen LogP contribution is -2.37. The molecule has 1 aliphatic rings. The number of carbonyl (C=O) groups is 1. The maximum Gasteiger partial charge on any atom is 0.220 e. The Morgan fingerprint density at radius 1 is 1.44 bits per heavy atom. The van der Waals surface area contributed by atoms with E-state index in [1.807, 2.05) is 0 Å². The van der Waals surface area contributed by atoms with Crippen molar-refractivity contribution < 1.29 is 13.2 Å². The summed E-state index contributed by atoms with van der Waals surface area (Å²) in [5.41, 5.74) is 0. The third-order valence-corrected chi connectivity index (χ3v) is 4.94. The van der Waals surface area contributed by atoms with Crippen molar-refractivity contribution in [3.8, 4) is 0 Å². The first-order chi connectivity index (χ1) is 8.42. The van der Waals surface area contributed by atoms with E-state index in [1.54, 1.807) is 0 Å². The number of rotatable bonds is 6. The predicted octanol–water partition coefficient (Wildman–Crippen LogP) is -0.616. The second-order valence-electron chi connectivity index (χ2n) is 4.86. The van der Waals surface area contributed by atoms with E-state index in [1.165, 1.54) is 18.4 Å². The Balaban J connectivity index is 2.21. The number of nitrogens with one attached hydrogen (secondary N) is 2. The summed E-state index contributed by atoms with van der Waals surface area (Å²) in [5.74, 6) is 0.274. The van der Waals surface area contributed by atoms with Crippen LogP contribution >= 0.6 is 0 Å². The quantitative estimate of drug-likeness (QED) is 0.678. The third-order valence-electron chi connectivity index (χ3n) is 3.11. The monoisotopic (exact) mass is 277 g/mol. The van der Waals surface area contributed by atoms with E-state index in [9.17, 15) is 13.2 Å². The van der Waals surface area contributed by atoms with Crippen LogP contribution < -0.4 is 10.6 Å². The molecule has 1 heterocycles. The van der Waals surface area contributed by atoms with E-state index >= 15 is 0 Å². The number of hydrogen-bond donors (Lipinski definition) is 2. The van der Waals surface area contributed by atoms with Gasteiger partial charge in [0.15, 0.2) is 0 Å². The fraction of sp³-hybridized carbons (Fsp3) is 0.909. The molecule has 1 aliphatic heterocycles. The summed E-state index contributed by atoms with van der Waals surface area (Å²) in [6.45, 7) is 2.09. The number of sulfonamides is 1. The molecule has 7 heteroatoms. The first kappa shape index (κ1) is 15.4. The Hall–Kier alpha value is -0.660. The van der Waals surface area contributed by atoms with Gasteiger partial charge in [0, 0.05) is 27.1 Å². The lowest BCUT2D eigenvalue weighted by Gasteiger charge is -2.22. The lowest BCUT2D eigenvalue weighted by atomic mass is 9.96. The van der Waals surface area contributed by atoms with Crippen molar-refractivity contribution in [2.45, 2.75) is 19.3 Å². The molecule has 1 atom stereocenters. The Morgan fingerprint density at radius 2 is 2.17 bits per heavy atom. The standard InChI is InChI=1S/C11H23N3O3S/c1-14(2)18(16,17)7-6-13-11(15)8-10-4-3-5-12-9-10/h10,12H,3-9H2,1-2H3,(H,13,15). The molecule has 0 bridgehead atoms. The lowest BCUT2D eigenvalue weighted by molar-refractivity contribution is -0.122. The second kappa shape index (κ2) is 7.06. The Morgan fingerprint density at radius 3 is 2.72 bits per heavy atom. The molecular weight excluding hydrogens is 254 g/mol. The van der Waals surface area contributed by atoms with E-state index in [-0.39, 0.29) is 18.2 Å². The first-order valence-electron chi connectivity index (χ1n) is 6.29. The van der Waals surface area contributed by atoms with Gasteiger partial charge < -0.3 is 10.6 Å². The summed E-state index contributed by atoms with van der Waals surface area (Å²) >= 11 is 0. The van der Waals surface area contributed by atoms with E-state index in [0.717, 1.165) is 25.9 Å². The topological polar surface area (TPSA) is 78.5 Å². The molecule has 18 heavy (non-hydrogen) atoms. The predicted molar refractivity (Wildman–Crippen MR) is 70.7 cm³/mol. The summed E-state index contributed by atoms with van der Waals surface area (Å²) in [7, 11) is -0.239. The Bertz CT molecular complexity index is 362. The highest BCUT2D eigenvalue weighted by Gasteiger charge is 2.17. The molecule has 1 saturated heterocycles. The van der Waals surface area contributed by atoms with Crippen LogP contribution in [0.1, 0.15) is 19.3 Å². The van der Waals surface area contributed by atoms with Crippen molar-refractivity contribution in [2.75, 3.05) is 39.5 Å². The zero-order valence-corrected chi connectivity index (χ0v) is 11.9. The van der Waals surface area contributed by atoms with Crippen molar-refractivity contribution in [1.29, 1.82) is 0 Å². The van der Waals surface area contributed by atoms with Gasteiger partial charge in [0.1, 0.15) is 0 Å².